The lowest BCUT2D eigenvalue weighted by atomic mass is 10.2. The van der Waals surface area contributed by atoms with Gasteiger partial charge in [-0.25, -0.2) is 4.79 Å². The molecule has 0 saturated carbocycles. The van der Waals surface area contributed by atoms with Crippen molar-refractivity contribution in [2.45, 2.75) is 72.6 Å². The van der Waals surface area contributed by atoms with Crippen LogP contribution in [0.2, 0.25) is 0 Å². The second-order valence-corrected chi connectivity index (χ2v) is 8.33. The van der Waals surface area contributed by atoms with Crippen molar-refractivity contribution in [2.75, 3.05) is 17.2 Å². The first-order valence-corrected chi connectivity index (χ1v) is 10.9. The molecule has 0 radical (unpaired) electrons. The third-order valence-corrected chi connectivity index (χ3v) is 5.21. The zero-order chi connectivity index (χ0) is 23.1. The smallest absolute Gasteiger partial charge is 0.330 e. The highest BCUT2D eigenvalue weighted by molar-refractivity contribution is 5.83. The quantitative estimate of drug-likeness (QED) is 0.604. The van der Waals surface area contributed by atoms with E-state index in [4.69, 9.17) is 5.73 Å². The van der Waals surface area contributed by atoms with Gasteiger partial charge < -0.3 is 15.5 Å². The molecule has 1 heterocycles. The Morgan fingerprint density at radius 1 is 1.10 bits per heavy atom. The van der Waals surface area contributed by atoms with Crippen LogP contribution in [0.3, 0.4) is 0 Å². The molecule has 31 heavy (non-hydrogen) atoms. The predicted octanol–water partition coefficient (Wildman–Crippen LogP) is 2.57. The number of nitrogens with one attached hydrogen (secondary N) is 1. The summed E-state index contributed by atoms with van der Waals surface area (Å²) in [5, 5.41) is 0. The molecule has 0 spiro atoms. The normalized spacial score (nSPS) is 11.2. The number of benzene rings is 1. The molecule has 1 aromatic heterocycles. The molecule has 0 fully saturated rings. The first-order valence-electron chi connectivity index (χ1n) is 10.9. The highest BCUT2D eigenvalue weighted by Crippen LogP contribution is 2.20. The monoisotopic (exact) mass is 429 g/mol. The van der Waals surface area contributed by atoms with E-state index in [-0.39, 0.29) is 36.0 Å². The highest BCUT2D eigenvalue weighted by atomic mass is 16.2. The van der Waals surface area contributed by atoms with Gasteiger partial charge in [0.15, 0.2) is 0 Å². The standard InChI is InChI=1S/C23H35N5O3/c1-6-7-13-27-21(24)20(22(30)25-23(27)31)26(14-18-11-9-8-10-12-18)15-19(29)28(16(2)3)17(4)5/h8-12,16-17H,6-7,13-15,24H2,1-5H3,(H,25,30,31). The van der Waals surface area contributed by atoms with E-state index in [1.165, 1.54) is 4.57 Å². The van der Waals surface area contributed by atoms with Crippen molar-refractivity contribution in [2.24, 2.45) is 0 Å². The van der Waals surface area contributed by atoms with Gasteiger partial charge in [-0.05, 0) is 39.7 Å². The number of nitrogens with two attached hydrogens (primary N) is 1. The first kappa shape index (κ1) is 24.2. The van der Waals surface area contributed by atoms with E-state index in [0.717, 1.165) is 18.4 Å². The summed E-state index contributed by atoms with van der Waals surface area (Å²) in [6.45, 7) is 10.6. The summed E-state index contributed by atoms with van der Waals surface area (Å²) in [5.41, 5.74) is 6.30. The number of carbonyl (C=O) groups is 1. The molecule has 170 valence electrons. The van der Waals surface area contributed by atoms with Crippen LogP contribution in [0, 0.1) is 0 Å². The SMILES string of the molecule is CCCCn1c(N)c(N(CC(=O)N(C(C)C)C(C)C)Cc2ccccc2)c(=O)[nH]c1=O. The number of amides is 1. The lowest BCUT2D eigenvalue weighted by molar-refractivity contribution is -0.133. The molecule has 8 nitrogen and oxygen atoms in total. The molecule has 0 atom stereocenters. The number of hydrogen-bond donors (Lipinski definition) is 2. The van der Waals surface area contributed by atoms with Gasteiger partial charge in [-0.15, -0.1) is 0 Å². The van der Waals surface area contributed by atoms with Gasteiger partial charge in [0.05, 0.1) is 6.54 Å². The van der Waals surface area contributed by atoms with Gasteiger partial charge in [0.25, 0.3) is 5.56 Å². The Morgan fingerprint density at radius 2 is 1.71 bits per heavy atom. The van der Waals surface area contributed by atoms with E-state index in [2.05, 4.69) is 4.98 Å². The number of anilines is 2. The van der Waals surface area contributed by atoms with Crippen LogP contribution in [0.4, 0.5) is 11.5 Å². The lowest BCUT2D eigenvalue weighted by Gasteiger charge is -2.34. The van der Waals surface area contributed by atoms with Crippen LogP contribution in [-0.4, -0.2) is 39.0 Å². The summed E-state index contributed by atoms with van der Waals surface area (Å²) in [7, 11) is 0. The van der Waals surface area contributed by atoms with Crippen molar-refractivity contribution >= 4 is 17.4 Å². The number of H-pyrrole nitrogens is 1. The molecule has 2 rings (SSSR count). The summed E-state index contributed by atoms with van der Waals surface area (Å²) in [6.07, 6.45) is 1.63. The first-order chi connectivity index (χ1) is 14.7. The third kappa shape index (κ3) is 5.99. The van der Waals surface area contributed by atoms with Crippen molar-refractivity contribution in [1.29, 1.82) is 0 Å². The molecule has 0 unspecified atom stereocenters. The van der Waals surface area contributed by atoms with Crippen molar-refractivity contribution in [3.8, 4) is 0 Å². The van der Waals surface area contributed by atoms with Crippen molar-refractivity contribution < 1.29 is 4.79 Å². The Morgan fingerprint density at radius 3 is 2.26 bits per heavy atom. The van der Waals surface area contributed by atoms with Crippen LogP contribution >= 0.6 is 0 Å². The second kappa shape index (κ2) is 10.8. The minimum absolute atomic E-state index is 0.0141. The Kier molecular flexibility index (Phi) is 8.47. The number of unbranched alkanes of at least 4 members (excludes halogenated alkanes) is 1. The number of aromatic nitrogens is 2. The second-order valence-electron chi connectivity index (χ2n) is 8.33. The summed E-state index contributed by atoms with van der Waals surface area (Å²) >= 11 is 0. The van der Waals surface area contributed by atoms with Crippen LogP contribution < -0.4 is 21.9 Å². The van der Waals surface area contributed by atoms with E-state index in [1.807, 2.05) is 65.0 Å². The van der Waals surface area contributed by atoms with E-state index >= 15 is 0 Å². The molecular formula is C23H35N5O3. The van der Waals surface area contributed by atoms with E-state index in [0.29, 0.717) is 13.1 Å². The minimum atomic E-state index is -0.584. The molecule has 2 aromatic rings. The third-order valence-electron chi connectivity index (χ3n) is 5.21. The number of hydrogen-bond acceptors (Lipinski definition) is 5. The fourth-order valence-electron chi connectivity index (χ4n) is 3.86. The maximum atomic E-state index is 13.2. The molecule has 0 aliphatic rings. The Balaban J connectivity index is 2.54. The van der Waals surface area contributed by atoms with Gasteiger partial charge in [-0.2, -0.15) is 0 Å². The van der Waals surface area contributed by atoms with Crippen LogP contribution in [0.1, 0.15) is 53.0 Å². The largest absolute Gasteiger partial charge is 0.383 e. The summed E-state index contributed by atoms with van der Waals surface area (Å²) in [6, 6.07) is 9.60. The number of rotatable bonds is 10. The zero-order valence-corrected chi connectivity index (χ0v) is 19.2. The number of nitrogens with zero attached hydrogens (tertiary/aromatic N) is 3. The highest BCUT2D eigenvalue weighted by Gasteiger charge is 2.26. The summed E-state index contributed by atoms with van der Waals surface area (Å²) in [5.74, 6) is -0.0161. The molecular weight excluding hydrogens is 394 g/mol. The average molecular weight is 430 g/mol. The van der Waals surface area contributed by atoms with Crippen LogP contribution in [-0.2, 0) is 17.9 Å². The van der Waals surface area contributed by atoms with Gasteiger partial charge >= 0.3 is 5.69 Å². The topological polar surface area (TPSA) is 104 Å². The van der Waals surface area contributed by atoms with E-state index < -0.39 is 11.2 Å². The lowest BCUT2D eigenvalue weighted by Crippen LogP contribution is -2.48. The maximum Gasteiger partial charge on any atom is 0.330 e. The van der Waals surface area contributed by atoms with Crippen molar-refractivity contribution in [3.63, 3.8) is 0 Å². The van der Waals surface area contributed by atoms with Crippen LogP contribution in [0.25, 0.3) is 0 Å². The number of carbonyl (C=O) groups excluding carboxylic acids is 1. The van der Waals surface area contributed by atoms with Gasteiger partial charge in [0.1, 0.15) is 11.5 Å². The average Bonchev–Trinajstić information content (AvgIpc) is 2.67. The summed E-state index contributed by atoms with van der Waals surface area (Å²) in [4.78, 5) is 44.2. The van der Waals surface area contributed by atoms with E-state index in [9.17, 15) is 14.4 Å². The Bertz CT molecular complexity index is 971. The van der Waals surface area contributed by atoms with Crippen molar-refractivity contribution in [3.05, 3.63) is 56.7 Å². The maximum absolute atomic E-state index is 13.2. The van der Waals surface area contributed by atoms with Crippen LogP contribution in [0.5, 0.6) is 0 Å². The van der Waals surface area contributed by atoms with Crippen LogP contribution in [0.15, 0.2) is 39.9 Å². The molecule has 1 amide bonds. The fourth-order valence-corrected chi connectivity index (χ4v) is 3.86. The molecule has 3 N–H and O–H groups in total. The number of aromatic amines is 1. The summed E-state index contributed by atoms with van der Waals surface area (Å²) < 4.78 is 1.38. The Labute approximate surface area is 183 Å². The van der Waals surface area contributed by atoms with E-state index in [1.54, 1.807) is 9.80 Å². The molecule has 1 aromatic carbocycles. The van der Waals surface area contributed by atoms with Gasteiger partial charge in [0.2, 0.25) is 5.91 Å². The molecule has 8 heteroatoms. The Hall–Kier alpha value is -3.03. The predicted molar refractivity (Wildman–Crippen MR) is 125 cm³/mol. The van der Waals surface area contributed by atoms with Gasteiger partial charge in [-0.1, -0.05) is 43.7 Å². The van der Waals surface area contributed by atoms with Gasteiger partial charge in [0, 0.05) is 25.2 Å². The zero-order valence-electron chi connectivity index (χ0n) is 19.2. The van der Waals surface area contributed by atoms with Crippen molar-refractivity contribution in [1.82, 2.24) is 14.5 Å². The molecule has 0 aliphatic carbocycles. The minimum Gasteiger partial charge on any atom is -0.383 e. The van der Waals surface area contributed by atoms with Gasteiger partial charge in [-0.3, -0.25) is 19.1 Å². The fraction of sp³-hybridized carbons (Fsp3) is 0.522. The molecule has 0 bridgehead atoms. The number of nitrogen functional groups attached to an aromatic ring is 1. The molecule has 0 saturated heterocycles. The molecule has 0 aliphatic heterocycles.